The molecule has 1 aromatic carbocycles. The minimum absolute atomic E-state index is 0.443. The summed E-state index contributed by atoms with van der Waals surface area (Å²) in [5.41, 5.74) is 4.54. The van der Waals surface area contributed by atoms with Crippen molar-refractivity contribution >= 4 is 11.3 Å². The summed E-state index contributed by atoms with van der Waals surface area (Å²) in [4.78, 5) is 1.41. The number of fused-ring (bicyclic) bond motifs is 1. The summed E-state index contributed by atoms with van der Waals surface area (Å²) in [7, 11) is 0. The average Bonchev–Trinajstić information content (AvgIpc) is 3.05. The highest BCUT2D eigenvalue weighted by molar-refractivity contribution is 7.10. The molecule has 1 aromatic heterocycles. The van der Waals surface area contributed by atoms with Gasteiger partial charge in [-0.05, 0) is 54.3 Å². The van der Waals surface area contributed by atoms with Gasteiger partial charge in [0.25, 0.3) is 0 Å². The van der Waals surface area contributed by atoms with Gasteiger partial charge in [0.05, 0.1) is 0 Å². The van der Waals surface area contributed by atoms with Crippen LogP contribution in [0, 0.1) is 0 Å². The van der Waals surface area contributed by atoms with E-state index in [1.54, 1.807) is 11.1 Å². The molecule has 0 radical (unpaired) electrons. The quantitative estimate of drug-likeness (QED) is 0.870. The standard InChI is InChI=1S/C16H19NS/c1-12(16-6-3-9-18-16)17-11-13-7-8-14-4-2-5-15(14)10-13/h3,6-10,12,17H,2,4-5,11H2,1H3. The SMILES string of the molecule is CC(NCc1ccc2c(c1)CCC2)c1cccs1. The van der Waals surface area contributed by atoms with Gasteiger partial charge >= 0.3 is 0 Å². The van der Waals surface area contributed by atoms with Crippen LogP contribution in [0.1, 0.15) is 41.0 Å². The molecule has 0 fully saturated rings. The molecule has 0 spiro atoms. The van der Waals surface area contributed by atoms with E-state index < -0.39 is 0 Å². The molecule has 1 aliphatic carbocycles. The molecule has 0 bridgehead atoms. The Labute approximate surface area is 113 Å². The Balaban J connectivity index is 1.63. The lowest BCUT2D eigenvalue weighted by Gasteiger charge is -2.12. The van der Waals surface area contributed by atoms with Crippen LogP contribution < -0.4 is 5.32 Å². The highest BCUT2D eigenvalue weighted by Gasteiger charge is 2.11. The van der Waals surface area contributed by atoms with Crippen molar-refractivity contribution in [2.24, 2.45) is 0 Å². The lowest BCUT2D eigenvalue weighted by Crippen LogP contribution is -2.17. The Bertz CT molecular complexity index is 516. The van der Waals surface area contributed by atoms with E-state index in [1.165, 1.54) is 29.7 Å². The van der Waals surface area contributed by atoms with Crippen molar-refractivity contribution in [2.45, 2.75) is 38.8 Å². The minimum Gasteiger partial charge on any atom is -0.305 e. The Kier molecular flexibility index (Phi) is 3.48. The second-order valence-corrected chi connectivity index (χ2v) is 6.05. The Morgan fingerprint density at radius 3 is 2.94 bits per heavy atom. The van der Waals surface area contributed by atoms with Gasteiger partial charge in [-0.2, -0.15) is 0 Å². The third kappa shape index (κ3) is 2.50. The first-order valence-corrected chi connectivity index (χ1v) is 7.58. The summed E-state index contributed by atoms with van der Waals surface area (Å²) in [5.74, 6) is 0. The van der Waals surface area contributed by atoms with E-state index in [9.17, 15) is 0 Å². The van der Waals surface area contributed by atoms with Gasteiger partial charge in [0.2, 0.25) is 0 Å². The fourth-order valence-electron chi connectivity index (χ4n) is 2.64. The van der Waals surface area contributed by atoms with E-state index in [1.807, 2.05) is 11.3 Å². The van der Waals surface area contributed by atoms with Gasteiger partial charge in [-0.3, -0.25) is 0 Å². The molecule has 0 saturated carbocycles. The van der Waals surface area contributed by atoms with Crippen LogP contribution in [0.15, 0.2) is 35.7 Å². The van der Waals surface area contributed by atoms with Crippen molar-refractivity contribution < 1.29 is 0 Å². The number of rotatable bonds is 4. The normalized spacial score (nSPS) is 15.6. The molecule has 2 heteroatoms. The Hall–Kier alpha value is -1.12. The zero-order valence-electron chi connectivity index (χ0n) is 10.8. The Morgan fingerprint density at radius 2 is 2.11 bits per heavy atom. The van der Waals surface area contributed by atoms with Crippen molar-refractivity contribution in [1.29, 1.82) is 0 Å². The largest absolute Gasteiger partial charge is 0.305 e. The van der Waals surface area contributed by atoms with Crippen LogP contribution in [0.25, 0.3) is 0 Å². The fourth-order valence-corrected chi connectivity index (χ4v) is 3.40. The first kappa shape index (κ1) is 11.9. The second kappa shape index (κ2) is 5.25. The van der Waals surface area contributed by atoms with E-state index in [0.29, 0.717) is 6.04 Å². The smallest absolute Gasteiger partial charge is 0.0388 e. The van der Waals surface area contributed by atoms with E-state index in [2.05, 4.69) is 48.0 Å². The van der Waals surface area contributed by atoms with Gasteiger partial charge in [-0.25, -0.2) is 0 Å². The molecule has 3 rings (SSSR count). The van der Waals surface area contributed by atoms with Gasteiger partial charge < -0.3 is 5.32 Å². The first-order chi connectivity index (χ1) is 8.83. The molecule has 1 N–H and O–H groups in total. The molecule has 18 heavy (non-hydrogen) atoms. The van der Waals surface area contributed by atoms with Gasteiger partial charge in [0, 0.05) is 17.5 Å². The van der Waals surface area contributed by atoms with E-state index in [-0.39, 0.29) is 0 Å². The van der Waals surface area contributed by atoms with Crippen LogP contribution in [-0.2, 0) is 19.4 Å². The van der Waals surface area contributed by atoms with Crippen molar-refractivity contribution in [3.63, 3.8) is 0 Å². The predicted molar refractivity (Wildman–Crippen MR) is 78.0 cm³/mol. The van der Waals surface area contributed by atoms with Crippen LogP contribution in [0.2, 0.25) is 0 Å². The fraction of sp³-hybridized carbons (Fsp3) is 0.375. The average molecular weight is 257 g/mol. The maximum atomic E-state index is 3.60. The number of aryl methyl sites for hydroxylation is 2. The molecule has 94 valence electrons. The van der Waals surface area contributed by atoms with Gasteiger partial charge in [-0.15, -0.1) is 11.3 Å². The van der Waals surface area contributed by atoms with E-state index in [4.69, 9.17) is 0 Å². The minimum atomic E-state index is 0.443. The molecular weight excluding hydrogens is 238 g/mol. The maximum Gasteiger partial charge on any atom is 0.0388 e. The topological polar surface area (TPSA) is 12.0 Å². The lowest BCUT2D eigenvalue weighted by atomic mass is 10.1. The lowest BCUT2D eigenvalue weighted by molar-refractivity contribution is 0.582. The molecule has 1 aliphatic rings. The van der Waals surface area contributed by atoms with Crippen molar-refractivity contribution in [2.75, 3.05) is 0 Å². The number of nitrogens with one attached hydrogen (secondary N) is 1. The monoisotopic (exact) mass is 257 g/mol. The van der Waals surface area contributed by atoms with Crippen LogP contribution in [0.5, 0.6) is 0 Å². The molecule has 2 aromatic rings. The first-order valence-electron chi connectivity index (χ1n) is 6.70. The number of thiophene rings is 1. The molecule has 1 atom stereocenters. The van der Waals surface area contributed by atoms with E-state index in [0.717, 1.165) is 6.54 Å². The third-order valence-corrected chi connectivity index (χ3v) is 4.80. The van der Waals surface area contributed by atoms with Crippen LogP contribution in [-0.4, -0.2) is 0 Å². The zero-order chi connectivity index (χ0) is 12.4. The van der Waals surface area contributed by atoms with Crippen molar-refractivity contribution in [3.05, 3.63) is 57.3 Å². The molecule has 1 unspecified atom stereocenters. The molecule has 1 nitrogen and oxygen atoms in total. The highest BCUT2D eigenvalue weighted by Crippen LogP contribution is 2.23. The number of benzene rings is 1. The molecule has 0 amide bonds. The third-order valence-electron chi connectivity index (χ3n) is 3.75. The van der Waals surface area contributed by atoms with Crippen LogP contribution >= 0.6 is 11.3 Å². The number of hydrogen-bond donors (Lipinski definition) is 1. The summed E-state index contributed by atoms with van der Waals surface area (Å²) in [6.45, 7) is 3.20. The van der Waals surface area contributed by atoms with Crippen LogP contribution in [0.3, 0.4) is 0 Å². The van der Waals surface area contributed by atoms with E-state index >= 15 is 0 Å². The molecule has 1 heterocycles. The van der Waals surface area contributed by atoms with Crippen molar-refractivity contribution in [1.82, 2.24) is 5.32 Å². The highest BCUT2D eigenvalue weighted by atomic mass is 32.1. The van der Waals surface area contributed by atoms with Gasteiger partial charge in [0.1, 0.15) is 0 Å². The molecule has 0 aliphatic heterocycles. The summed E-state index contributed by atoms with van der Waals surface area (Å²) in [6, 6.07) is 11.7. The summed E-state index contributed by atoms with van der Waals surface area (Å²) in [5, 5.41) is 5.74. The second-order valence-electron chi connectivity index (χ2n) is 5.07. The zero-order valence-corrected chi connectivity index (χ0v) is 11.6. The van der Waals surface area contributed by atoms with Gasteiger partial charge in [0.15, 0.2) is 0 Å². The van der Waals surface area contributed by atoms with Gasteiger partial charge in [-0.1, -0.05) is 24.3 Å². The maximum absolute atomic E-state index is 3.60. The molecule has 0 saturated heterocycles. The summed E-state index contributed by atoms with van der Waals surface area (Å²) >= 11 is 1.82. The number of hydrogen-bond acceptors (Lipinski definition) is 2. The summed E-state index contributed by atoms with van der Waals surface area (Å²) in [6.07, 6.45) is 3.87. The summed E-state index contributed by atoms with van der Waals surface area (Å²) < 4.78 is 0. The van der Waals surface area contributed by atoms with Crippen molar-refractivity contribution in [3.8, 4) is 0 Å². The van der Waals surface area contributed by atoms with Crippen LogP contribution in [0.4, 0.5) is 0 Å². The predicted octanol–water partition coefficient (Wildman–Crippen LogP) is 4.09. The Morgan fingerprint density at radius 1 is 1.22 bits per heavy atom. The molecular formula is C16H19NS.